The van der Waals surface area contributed by atoms with Gasteiger partial charge in [0.1, 0.15) is 0 Å². The monoisotopic (exact) mass is 236 g/mol. The lowest BCUT2D eigenvalue weighted by Crippen LogP contribution is -2.45. The van der Waals surface area contributed by atoms with Crippen LogP contribution in [0, 0.1) is 17.8 Å². The summed E-state index contributed by atoms with van der Waals surface area (Å²) < 4.78 is 0. The van der Waals surface area contributed by atoms with E-state index in [1.165, 1.54) is 19.3 Å². The Labute approximate surface area is 104 Å². The van der Waals surface area contributed by atoms with Crippen molar-refractivity contribution in [3.63, 3.8) is 0 Å². The maximum absolute atomic E-state index is 12.4. The van der Waals surface area contributed by atoms with Gasteiger partial charge in [-0.25, -0.2) is 0 Å². The number of carbonyl (C=O) groups excluding carboxylic acids is 1. The standard InChI is InChI=1S/C14H24N2O/c1-10-5-6-11(7-15-10)14(17)16-8-12-3-2-4-13(12)9-16/h10-13,15H,2-9H2,1H3. The summed E-state index contributed by atoms with van der Waals surface area (Å²) in [6.07, 6.45) is 6.33. The molecule has 3 rings (SSSR count). The summed E-state index contributed by atoms with van der Waals surface area (Å²) in [7, 11) is 0. The van der Waals surface area contributed by atoms with Crippen LogP contribution in [0.4, 0.5) is 0 Å². The summed E-state index contributed by atoms with van der Waals surface area (Å²) in [6, 6.07) is 0.594. The van der Waals surface area contributed by atoms with E-state index < -0.39 is 0 Å². The van der Waals surface area contributed by atoms with Crippen LogP contribution in [-0.4, -0.2) is 36.5 Å². The normalized spacial score (nSPS) is 41.6. The molecule has 0 spiro atoms. The molecule has 2 saturated heterocycles. The molecule has 0 bridgehead atoms. The number of piperidine rings is 1. The summed E-state index contributed by atoms with van der Waals surface area (Å²) >= 11 is 0. The van der Waals surface area contributed by atoms with Gasteiger partial charge in [0, 0.05) is 25.7 Å². The number of nitrogens with one attached hydrogen (secondary N) is 1. The smallest absolute Gasteiger partial charge is 0.226 e. The fraction of sp³-hybridized carbons (Fsp3) is 0.929. The largest absolute Gasteiger partial charge is 0.342 e. The predicted octanol–water partition coefficient (Wildman–Crippen LogP) is 1.63. The minimum atomic E-state index is 0.255. The molecule has 1 amide bonds. The fourth-order valence-electron chi connectivity index (χ4n) is 3.88. The van der Waals surface area contributed by atoms with Gasteiger partial charge < -0.3 is 10.2 Å². The topological polar surface area (TPSA) is 32.3 Å². The van der Waals surface area contributed by atoms with Gasteiger partial charge in [-0.2, -0.15) is 0 Å². The van der Waals surface area contributed by atoms with Crippen molar-refractivity contribution in [3.8, 4) is 0 Å². The highest BCUT2D eigenvalue weighted by molar-refractivity contribution is 5.79. The van der Waals surface area contributed by atoms with Crippen LogP contribution >= 0.6 is 0 Å². The Morgan fingerprint density at radius 2 is 1.82 bits per heavy atom. The van der Waals surface area contributed by atoms with E-state index in [0.29, 0.717) is 11.9 Å². The van der Waals surface area contributed by atoms with Gasteiger partial charge >= 0.3 is 0 Å². The number of rotatable bonds is 1. The molecule has 3 nitrogen and oxygen atoms in total. The minimum absolute atomic E-state index is 0.255. The molecule has 17 heavy (non-hydrogen) atoms. The predicted molar refractivity (Wildman–Crippen MR) is 67.6 cm³/mol. The molecular weight excluding hydrogens is 212 g/mol. The van der Waals surface area contributed by atoms with E-state index in [0.717, 1.165) is 44.3 Å². The third-order valence-corrected chi connectivity index (χ3v) is 5.05. The van der Waals surface area contributed by atoms with Crippen molar-refractivity contribution in [2.24, 2.45) is 17.8 Å². The Morgan fingerprint density at radius 3 is 2.41 bits per heavy atom. The number of amides is 1. The van der Waals surface area contributed by atoms with Crippen molar-refractivity contribution in [1.29, 1.82) is 0 Å². The van der Waals surface area contributed by atoms with Crippen molar-refractivity contribution in [1.82, 2.24) is 10.2 Å². The molecule has 0 aromatic heterocycles. The number of fused-ring (bicyclic) bond motifs is 1. The van der Waals surface area contributed by atoms with Crippen molar-refractivity contribution in [3.05, 3.63) is 0 Å². The van der Waals surface area contributed by atoms with E-state index in [2.05, 4.69) is 17.1 Å². The lowest BCUT2D eigenvalue weighted by Gasteiger charge is -2.30. The second-order valence-corrected chi connectivity index (χ2v) is 6.28. The van der Waals surface area contributed by atoms with E-state index in [4.69, 9.17) is 0 Å². The molecule has 4 unspecified atom stereocenters. The lowest BCUT2D eigenvalue weighted by atomic mass is 9.94. The third-order valence-electron chi connectivity index (χ3n) is 5.05. The second kappa shape index (κ2) is 4.60. The summed E-state index contributed by atoms with van der Waals surface area (Å²) in [5.41, 5.74) is 0. The fourth-order valence-corrected chi connectivity index (χ4v) is 3.88. The van der Waals surface area contributed by atoms with Gasteiger partial charge in [-0.3, -0.25) is 4.79 Å². The molecule has 3 fully saturated rings. The number of carbonyl (C=O) groups is 1. The average molecular weight is 236 g/mol. The van der Waals surface area contributed by atoms with Gasteiger partial charge in [-0.15, -0.1) is 0 Å². The maximum atomic E-state index is 12.4. The second-order valence-electron chi connectivity index (χ2n) is 6.28. The Kier molecular flexibility index (Phi) is 3.12. The molecule has 1 aliphatic carbocycles. The zero-order valence-corrected chi connectivity index (χ0v) is 10.8. The number of likely N-dealkylation sites (tertiary alicyclic amines) is 1. The Balaban J connectivity index is 1.56. The SMILES string of the molecule is CC1CCC(C(=O)N2CC3CCCC3C2)CN1. The van der Waals surface area contributed by atoms with Crippen molar-refractivity contribution in [2.75, 3.05) is 19.6 Å². The van der Waals surface area contributed by atoms with Crippen molar-refractivity contribution >= 4 is 5.91 Å². The zero-order valence-electron chi connectivity index (χ0n) is 10.8. The molecule has 0 aromatic rings. The highest BCUT2D eigenvalue weighted by Gasteiger charge is 2.39. The average Bonchev–Trinajstić information content (AvgIpc) is 2.89. The first-order chi connectivity index (χ1) is 8.24. The Morgan fingerprint density at radius 1 is 1.12 bits per heavy atom. The van der Waals surface area contributed by atoms with E-state index in [-0.39, 0.29) is 5.92 Å². The zero-order chi connectivity index (χ0) is 11.8. The van der Waals surface area contributed by atoms with Crippen LogP contribution in [0.1, 0.15) is 39.0 Å². The van der Waals surface area contributed by atoms with Crippen LogP contribution < -0.4 is 5.32 Å². The summed E-state index contributed by atoms with van der Waals surface area (Å²) in [5.74, 6) is 2.34. The summed E-state index contributed by atoms with van der Waals surface area (Å²) in [4.78, 5) is 14.6. The maximum Gasteiger partial charge on any atom is 0.226 e. The van der Waals surface area contributed by atoms with Gasteiger partial charge in [0.15, 0.2) is 0 Å². The molecule has 0 aromatic carbocycles. The molecule has 3 aliphatic rings. The number of hydrogen-bond donors (Lipinski definition) is 1. The van der Waals surface area contributed by atoms with Crippen LogP contribution in [0.3, 0.4) is 0 Å². The molecule has 96 valence electrons. The van der Waals surface area contributed by atoms with E-state index in [1.54, 1.807) is 0 Å². The number of hydrogen-bond acceptors (Lipinski definition) is 2. The summed E-state index contributed by atoms with van der Waals surface area (Å²) in [5, 5.41) is 3.44. The van der Waals surface area contributed by atoms with Gasteiger partial charge in [-0.1, -0.05) is 6.42 Å². The van der Waals surface area contributed by atoms with Crippen LogP contribution in [-0.2, 0) is 4.79 Å². The van der Waals surface area contributed by atoms with Crippen molar-refractivity contribution < 1.29 is 4.79 Å². The van der Waals surface area contributed by atoms with Crippen LogP contribution in [0.2, 0.25) is 0 Å². The van der Waals surface area contributed by atoms with Gasteiger partial charge in [0.25, 0.3) is 0 Å². The molecule has 2 heterocycles. The summed E-state index contributed by atoms with van der Waals surface area (Å²) in [6.45, 7) is 5.21. The van der Waals surface area contributed by atoms with E-state index >= 15 is 0 Å². The molecule has 3 heteroatoms. The molecular formula is C14H24N2O. The first-order valence-corrected chi connectivity index (χ1v) is 7.26. The van der Waals surface area contributed by atoms with Gasteiger partial charge in [0.05, 0.1) is 5.92 Å². The van der Waals surface area contributed by atoms with Gasteiger partial charge in [0.2, 0.25) is 5.91 Å². The first-order valence-electron chi connectivity index (χ1n) is 7.26. The van der Waals surface area contributed by atoms with Crippen molar-refractivity contribution in [2.45, 2.75) is 45.1 Å². The molecule has 1 N–H and O–H groups in total. The molecule has 2 aliphatic heterocycles. The minimum Gasteiger partial charge on any atom is -0.342 e. The molecule has 0 radical (unpaired) electrons. The lowest BCUT2D eigenvalue weighted by molar-refractivity contribution is -0.135. The Hall–Kier alpha value is -0.570. The highest BCUT2D eigenvalue weighted by Crippen LogP contribution is 2.38. The highest BCUT2D eigenvalue weighted by atomic mass is 16.2. The van der Waals surface area contributed by atoms with Crippen LogP contribution in [0.25, 0.3) is 0 Å². The third kappa shape index (κ3) is 2.22. The van der Waals surface area contributed by atoms with Crippen LogP contribution in [0.15, 0.2) is 0 Å². The first kappa shape index (κ1) is 11.5. The quantitative estimate of drug-likeness (QED) is 0.750. The van der Waals surface area contributed by atoms with E-state index in [9.17, 15) is 4.79 Å². The van der Waals surface area contributed by atoms with Crippen LogP contribution in [0.5, 0.6) is 0 Å². The Bertz CT molecular complexity index is 285. The van der Waals surface area contributed by atoms with E-state index in [1.807, 2.05) is 0 Å². The molecule has 1 saturated carbocycles. The number of nitrogens with zero attached hydrogens (tertiary/aromatic N) is 1. The molecule has 4 atom stereocenters. The van der Waals surface area contributed by atoms with Gasteiger partial charge in [-0.05, 0) is 44.4 Å².